The molecular weight excluding hydrogens is 330 g/mol. The Morgan fingerprint density at radius 1 is 1.19 bits per heavy atom. The zero-order valence-corrected chi connectivity index (χ0v) is 14.6. The number of likely N-dealkylation sites (tertiary alicyclic amines) is 1. The lowest BCUT2D eigenvalue weighted by Crippen LogP contribution is -2.51. The number of nitrogens with zero attached hydrogens (tertiary/aromatic N) is 5. The Morgan fingerprint density at radius 2 is 2.00 bits per heavy atom. The average Bonchev–Trinajstić information content (AvgIpc) is 3.20. The first-order valence-electron chi connectivity index (χ1n) is 8.46. The summed E-state index contributed by atoms with van der Waals surface area (Å²) in [6.07, 6.45) is 1.48. The SMILES string of the molecule is COc1ccc(C(=O)N2C[C@@H](C)[C@H]2c2ccccc2)cc1-n1cnnn1. The van der Waals surface area contributed by atoms with Gasteiger partial charge in [-0.3, -0.25) is 4.79 Å². The standard InChI is InChI=1S/C19H19N5O2/c1-13-11-23(18(13)14-6-4-3-5-7-14)19(25)15-8-9-17(26-2)16(10-15)24-12-20-21-22-24/h3-10,12-13,18H,11H2,1-2H3/t13-,18+/m1/s1. The van der Waals surface area contributed by atoms with E-state index < -0.39 is 0 Å². The molecule has 2 aromatic carbocycles. The number of hydrogen-bond donors (Lipinski definition) is 0. The van der Waals surface area contributed by atoms with E-state index in [0.29, 0.717) is 22.9 Å². The van der Waals surface area contributed by atoms with Crippen molar-refractivity contribution in [3.63, 3.8) is 0 Å². The lowest BCUT2D eigenvalue weighted by molar-refractivity contribution is 0.0197. The number of tetrazole rings is 1. The molecule has 0 unspecified atom stereocenters. The zero-order chi connectivity index (χ0) is 18.1. The summed E-state index contributed by atoms with van der Waals surface area (Å²) in [6, 6.07) is 15.6. The van der Waals surface area contributed by atoms with Gasteiger partial charge in [-0.15, -0.1) is 5.10 Å². The van der Waals surface area contributed by atoms with E-state index >= 15 is 0 Å². The molecule has 0 N–H and O–H groups in total. The average molecular weight is 349 g/mol. The largest absolute Gasteiger partial charge is 0.494 e. The van der Waals surface area contributed by atoms with Crippen LogP contribution in [-0.4, -0.2) is 44.7 Å². The molecule has 7 nitrogen and oxygen atoms in total. The zero-order valence-electron chi connectivity index (χ0n) is 14.6. The Bertz CT molecular complexity index is 911. The fraction of sp³-hybridized carbons (Fsp3) is 0.263. The highest BCUT2D eigenvalue weighted by molar-refractivity contribution is 5.96. The van der Waals surface area contributed by atoms with E-state index in [1.165, 1.54) is 11.0 Å². The van der Waals surface area contributed by atoms with Gasteiger partial charge in [0.05, 0.1) is 13.2 Å². The van der Waals surface area contributed by atoms with E-state index in [1.54, 1.807) is 25.3 Å². The van der Waals surface area contributed by atoms with Crippen molar-refractivity contribution in [3.05, 3.63) is 66.0 Å². The molecule has 132 valence electrons. The highest BCUT2D eigenvalue weighted by atomic mass is 16.5. The second kappa shape index (κ2) is 6.59. The minimum Gasteiger partial charge on any atom is -0.494 e. The lowest BCUT2D eigenvalue weighted by Gasteiger charge is -2.47. The monoisotopic (exact) mass is 349 g/mol. The number of carbonyl (C=O) groups is 1. The van der Waals surface area contributed by atoms with Gasteiger partial charge in [-0.05, 0) is 40.1 Å². The number of aromatic nitrogens is 4. The maximum absolute atomic E-state index is 13.1. The predicted octanol–water partition coefficient (Wildman–Crippen LogP) is 2.50. The van der Waals surface area contributed by atoms with Crippen LogP contribution in [0.5, 0.6) is 5.75 Å². The van der Waals surface area contributed by atoms with Crippen molar-refractivity contribution >= 4 is 5.91 Å². The third kappa shape index (κ3) is 2.71. The van der Waals surface area contributed by atoms with Gasteiger partial charge in [-0.2, -0.15) is 4.68 Å². The van der Waals surface area contributed by atoms with Crippen LogP contribution in [-0.2, 0) is 0 Å². The van der Waals surface area contributed by atoms with Gasteiger partial charge in [0, 0.05) is 12.1 Å². The van der Waals surface area contributed by atoms with Gasteiger partial charge in [-0.25, -0.2) is 0 Å². The van der Waals surface area contributed by atoms with Crippen molar-refractivity contribution in [3.8, 4) is 11.4 Å². The van der Waals surface area contributed by atoms with Gasteiger partial charge >= 0.3 is 0 Å². The molecule has 0 aliphatic carbocycles. The van der Waals surface area contributed by atoms with Crippen molar-refractivity contribution in [2.75, 3.05) is 13.7 Å². The van der Waals surface area contributed by atoms with Crippen molar-refractivity contribution in [2.45, 2.75) is 13.0 Å². The van der Waals surface area contributed by atoms with Crippen molar-refractivity contribution in [1.29, 1.82) is 0 Å². The van der Waals surface area contributed by atoms with Crippen molar-refractivity contribution < 1.29 is 9.53 Å². The first-order chi connectivity index (χ1) is 12.7. The summed E-state index contributed by atoms with van der Waals surface area (Å²) in [5.74, 6) is 1.03. The molecule has 7 heteroatoms. The molecule has 1 fully saturated rings. The molecule has 2 atom stereocenters. The molecule has 1 aliphatic heterocycles. The van der Waals surface area contributed by atoms with Crippen LogP contribution in [0.25, 0.3) is 5.69 Å². The third-order valence-corrected chi connectivity index (χ3v) is 4.78. The highest BCUT2D eigenvalue weighted by Gasteiger charge is 2.40. The first kappa shape index (κ1) is 16.3. The van der Waals surface area contributed by atoms with E-state index in [2.05, 4.69) is 34.6 Å². The van der Waals surface area contributed by atoms with Crippen LogP contribution in [0.3, 0.4) is 0 Å². The summed E-state index contributed by atoms with van der Waals surface area (Å²) >= 11 is 0. The number of hydrogen-bond acceptors (Lipinski definition) is 5. The number of benzene rings is 2. The van der Waals surface area contributed by atoms with Gasteiger partial charge in [0.1, 0.15) is 17.8 Å². The van der Waals surface area contributed by atoms with Crippen LogP contribution >= 0.6 is 0 Å². The molecule has 0 spiro atoms. The number of methoxy groups -OCH3 is 1. The molecule has 2 heterocycles. The second-order valence-electron chi connectivity index (χ2n) is 6.43. The Morgan fingerprint density at radius 3 is 2.65 bits per heavy atom. The van der Waals surface area contributed by atoms with E-state index in [-0.39, 0.29) is 11.9 Å². The van der Waals surface area contributed by atoms with E-state index in [1.807, 2.05) is 23.1 Å². The second-order valence-corrected chi connectivity index (χ2v) is 6.43. The number of ether oxygens (including phenoxy) is 1. The molecule has 0 saturated carbocycles. The van der Waals surface area contributed by atoms with Crippen LogP contribution in [0.1, 0.15) is 28.9 Å². The first-order valence-corrected chi connectivity index (χ1v) is 8.46. The fourth-order valence-corrected chi connectivity index (χ4v) is 3.50. The summed E-state index contributed by atoms with van der Waals surface area (Å²) < 4.78 is 6.86. The number of rotatable bonds is 4. The summed E-state index contributed by atoms with van der Waals surface area (Å²) in [6.45, 7) is 2.91. The normalized spacial score (nSPS) is 19.1. The minimum atomic E-state index is -0.00562. The molecule has 1 aromatic heterocycles. The van der Waals surface area contributed by atoms with Crippen molar-refractivity contribution in [2.24, 2.45) is 5.92 Å². The molecule has 1 aliphatic rings. The van der Waals surface area contributed by atoms with Gasteiger partial charge in [0.25, 0.3) is 5.91 Å². The number of amides is 1. The molecule has 4 rings (SSSR count). The van der Waals surface area contributed by atoms with E-state index in [4.69, 9.17) is 4.74 Å². The maximum atomic E-state index is 13.1. The summed E-state index contributed by atoms with van der Waals surface area (Å²) in [4.78, 5) is 15.0. The van der Waals surface area contributed by atoms with Crippen molar-refractivity contribution in [1.82, 2.24) is 25.1 Å². The fourth-order valence-electron chi connectivity index (χ4n) is 3.50. The van der Waals surface area contributed by atoms with E-state index in [0.717, 1.165) is 12.1 Å². The summed E-state index contributed by atoms with van der Waals surface area (Å²) in [5.41, 5.74) is 2.38. The topological polar surface area (TPSA) is 73.1 Å². The smallest absolute Gasteiger partial charge is 0.254 e. The Balaban J connectivity index is 1.65. The quantitative estimate of drug-likeness (QED) is 0.724. The van der Waals surface area contributed by atoms with Crippen LogP contribution in [0.15, 0.2) is 54.9 Å². The van der Waals surface area contributed by atoms with Gasteiger partial charge < -0.3 is 9.64 Å². The highest BCUT2D eigenvalue weighted by Crippen LogP contribution is 2.39. The molecule has 1 amide bonds. The van der Waals surface area contributed by atoms with Gasteiger partial charge in [0.15, 0.2) is 0 Å². The van der Waals surface area contributed by atoms with Gasteiger partial charge in [-0.1, -0.05) is 37.3 Å². The molecule has 0 bridgehead atoms. The number of carbonyl (C=O) groups excluding carboxylic acids is 1. The lowest BCUT2D eigenvalue weighted by atomic mass is 9.84. The van der Waals surface area contributed by atoms with Crippen LogP contribution in [0, 0.1) is 5.92 Å². The maximum Gasteiger partial charge on any atom is 0.254 e. The Hall–Kier alpha value is -3.22. The van der Waals surface area contributed by atoms with Crippen LogP contribution < -0.4 is 4.74 Å². The third-order valence-electron chi connectivity index (χ3n) is 4.78. The summed E-state index contributed by atoms with van der Waals surface area (Å²) in [7, 11) is 1.58. The molecule has 1 saturated heterocycles. The van der Waals surface area contributed by atoms with Gasteiger partial charge in [0.2, 0.25) is 0 Å². The predicted molar refractivity (Wildman–Crippen MR) is 95.1 cm³/mol. The van der Waals surface area contributed by atoms with E-state index in [9.17, 15) is 4.79 Å². The Labute approximate surface area is 151 Å². The molecule has 26 heavy (non-hydrogen) atoms. The summed E-state index contributed by atoms with van der Waals surface area (Å²) in [5, 5.41) is 11.2. The van der Waals surface area contributed by atoms with Crippen LogP contribution in [0.4, 0.5) is 0 Å². The molecule has 0 radical (unpaired) electrons. The van der Waals surface area contributed by atoms with Crippen LogP contribution in [0.2, 0.25) is 0 Å². The molecular formula is C19H19N5O2. The Kier molecular flexibility index (Phi) is 4.12. The molecule has 3 aromatic rings. The minimum absolute atomic E-state index is 0.00562.